The molecule has 21 heavy (non-hydrogen) atoms. The van der Waals surface area contributed by atoms with Crippen molar-refractivity contribution in [2.75, 3.05) is 55.3 Å². The van der Waals surface area contributed by atoms with Gasteiger partial charge in [-0.15, -0.1) is 0 Å². The molecule has 2 saturated heterocycles. The maximum atomic E-state index is 11.5. The van der Waals surface area contributed by atoms with Crippen molar-refractivity contribution in [3.8, 4) is 0 Å². The number of hydrogen-bond acceptors (Lipinski definition) is 6. The second-order valence-corrected chi connectivity index (χ2v) is 7.56. The molecule has 0 N–H and O–H groups in total. The Morgan fingerprint density at radius 3 is 1.95 bits per heavy atom. The van der Waals surface area contributed by atoms with Gasteiger partial charge in [-0.2, -0.15) is 4.31 Å². The molecule has 0 spiro atoms. The van der Waals surface area contributed by atoms with E-state index >= 15 is 0 Å². The highest BCUT2D eigenvalue weighted by molar-refractivity contribution is 7.88. The minimum Gasteiger partial charge on any atom is -0.356 e. The van der Waals surface area contributed by atoms with Crippen LogP contribution in [-0.2, 0) is 10.0 Å². The zero-order chi connectivity index (χ0) is 14.9. The first-order chi connectivity index (χ1) is 10.0. The second-order valence-electron chi connectivity index (χ2n) is 5.58. The van der Waals surface area contributed by atoms with Gasteiger partial charge in [0.05, 0.1) is 6.26 Å². The highest BCUT2D eigenvalue weighted by atomic mass is 32.2. The van der Waals surface area contributed by atoms with E-state index in [1.165, 1.54) is 23.4 Å². The normalized spacial score (nSPS) is 21.0. The fourth-order valence-corrected chi connectivity index (χ4v) is 3.70. The summed E-state index contributed by atoms with van der Waals surface area (Å²) in [5.74, 6) is 1.86. The van der Waals surface area contributed by atoms with Crippen molar-refractivity contribution in [1.82, 2.24) is 14.3 Å². The van der Waals surface area contributed by atoms with Crippen LogP contribution in [0, 0.1) is 0 Å². The molecule has 0 saturated carbocycles. The Morgan fingerprint density at radius 2 is 1.43 bits per heavy atom. The molecule has 2 fully saturated rings. The Kier molecular flexibility index (Phi) is 3.99. The number of nitrogens with zero attached hydrogens (tertiary/aromatic N) is 5. The van der Waals surface area contributed by atoms with Gasteiger partial charge >= 0.3 is 0 Å². The number of rotatable bonds is 3. The van der Waals surface area contributed by atoms with Gasteiger partial charge < -0.3 is 9.80 Å². The van der Waals surface area contributed by atoms with E-state index in [9.17, 15) is 8.42 Å². The van der Waals surface area contributed by atoms with Gasteiger partial charge in [-0.05, 0) is 12.8 Å². The molecule has 0 bridgehead atoms. The van der Waals surface area contributed by atoms with E-state index in [2.05, 4.69) is 19.8 Å². The number of aromatic nitrogens is 2. The van der Waals surface area contributed by atoms with E-state index < -0.39 is 10.0 Å². The van der Waals surface area contributed by atoms with E-state index in [4.69, 9.17) is 0 Å². The van der Waals surface area contributed by atoms with Gasteiger partial charge in [0.15, 0.2) is 0 Å². The Labute approximate surface area is 125 Å². The minimum absolute atomic E-state index is 0.516. The molecule has 0 atom stereocenters. The van der Waals surface area contributed by atoms with Gasteiger partial charge in [0.2, 0.25) is 10.0 Å². The summed E-state index contributed by atoms with van der Waals surface area (Å²) in [6.45, 7) is 4.48. The molecule has 3 heterocycles. The number of piperazine rings is 1. The fourth-order valence-electron chi connectivity index (χ4n) is 2.88. The SMILES string of the molecule is CS(=O)(=O)N1CCN(c2cc(N3CCCC3)ncn2)CC1. The molecule has 2 aliphatic rings. The van der Waals surface area contributed by atoms with Crippen LogP contribution in [0.3, 0.4) is 0 Å². The maximum Gasteiger partial charge on any atom is 0.211 e. The lowest BCUT2D eigenvalue weighted by Crippen LogP contribution is -2.48. The van der Waals surface area contributed by atoms with Crippen molar-refractivity contribution in [1.29, 1.82) is 0 Å². The zero-order valence-electron chi connectivity index (χ0n) is 12.3. The van der Waals surface area contributed by atoms with Gasteiger partial charge in [-0.1, -0.05) is 0 Å². The molecular weight excluding hydrogens is 290 g/mol. The molecule has 0 aliphatic carbocycles. The van der Waals surface area contributed by atoms with Crippen LogP contribution in [-0.4, -0.2) is 68.2 Å². The molecule has 0 radical (unpaired) electrons. The number of sulfonamides is 1. The van der Waals surface area contributed by atoms with Gasteiger partial charge in [0.25, 0.3) is 0 Å². The average Bonchev–Trinajstić information content (AvgIpc) is 3.01. The van der Waals surface area contributed by atoms with E-state index in [0.29, 0.717) is 26.2 Å². The molecule has 7 nitrogen and oxygen atoms in total. The molecule has 1 aromatic rings. The summed E-state index contributed by atoms with van der Waals surface area (Å²) in [5.41, 5.74) is 0. The largest absolute Gasteiger partial charge is 0.356 e. The van der Waals surface area contributed by atoms with Crippen molar-refractivity contribution in [2.45, 2.75) is 12.8 Å². The summed E-state index contributed by atoms with van der Waals surface area (Å²) in [5, 5.41) is 0. The molecule has 0 amide bonds. The van der Waals surface area contributed by atoms with Gasteiger partial charge in [-0.3, -0.25) is 0 Å². The lowest BCUT2D eigenvalue weighted by atomic mass is 10.3. The van der Waals surface area contributed by atoms with Gasteiger partial charge in [-0.25, -0.2) is 18.4 Å². The molecule has 3 rings (SSSR count). The monoisotopic (exact) mass is 311 g/mol. The zero-order valence-corrected chi connectivity index (χ0v) is 13.1. The van der Waals surface area contributed by atoms with Crippen LogP contribution in [0.4, 0.5) is 11.6 Å². The molecule has 8 heteroatoms. The van der Waals surface area contributed by atoms with Crippen molar-refractivity contribution in [3.05, 3.63) is 12.4 Å². The van der Waals surface area contributed by atoms with Crippen LogP contribution in [0.25, 0.3) is 0 Å². The molecule has 0 unspecified atom stereocenters. The minimum atomic E-state index is -3.09. The molecular formula is C13H21N5O2S. The smallest absolute Gasteiger partial charge is 0.211 e. The van der Waals surface area contributed by atoms with Crippen molar-refractivity contribution in [3.63, 3.8) is 0 Å². The van der Waals surface area contributed by atoms with Crippen LogP contribution in [0.1, 0.15) is 12.8 Å². The number of anilines is 2. The standard InChI is InChI=1S/C13H21N5O2S/c1-21(19,20)18-8-6-17(7-9-18)13-10-12(14-11-15-13)16-4-2-3-5-16/h10-11H,2-9H2,1H3. The quantitative estimate of drug-likeness (QED) is 0.792. The summed E-state index contributed by atoms with van der Waals surface area (Å²) in [6.07, 6.45) is 5.30. The summed E-state index contributed by atoms with van der Waals surface area (Å²) in [6, 6.07) is 2.02. The van der Waals surface area contributed by atoms with Crippen LogP contribution in [0.2, 0.25) is 0 Å². The fraction of sp³-hybridized carbons (Fsp3) is 0.692. The third-order valence-corrected chi connectivity index (χ3v) is 5.40. The van der Waals surface area contributed by atoms with E-state index in [-0.39, 0.29) is 0 Å². The highest BCUT2D eigenvalue weighted by Crippen LogP contribution is 2.22. The Morgan fingerprint density at radius 1 is 0.905 bits per heavy atom. The van der Waals surface area contributed by atoms with Crippen molar-refractivity contribution < 1.29 is 8.42 Å². The third-order valence-electron chi connectivity index (χ3n) is 4.10. The summed E-state index contributed by atoms with van der Waals surface area (Å²) < 4.78 is 24.6. The third kappa shape index (κ3) is 3.26. The Balaban J connectivity index is 1.69. The Hall–Kier alpha value is -1.41. The summed E-state index contributed by atoms with van der Waals surface area (Å²) >= 11 is 0. The second kappa shape index (κ2) is 5.76. The maximum absolute atomic E-state index is 11.5. The highest BCUT2D eigenvalue weighted by Gasteiger charge is 2.24. The predicted molar refractivity (Wildman–Crippen MR) is 82.1 cm³/mol. The van der Waals surface area contributed by atoms with Crippen LogP contribution >= 0.6 is 0 Å². The van der Waals surface area contributed by atoms with Gasteiger partial charge in [0, 0.05) is 45.3 Å². The topological polar surface area (TPSA) is 69.6 Å². The van der Waals surface area contributed by atoms with Crippen LogP contribution in [0.5, 0.6) is 0 Å². The van der Waals surface area contributed by atoms with Gasteiger partial charge in [0.1, 0.15) is 18.0 Å². The molecule has 2 aliphatic heterocycles. The first-order valence-corrected chi connectivity index (χ1v) is 9.16. The predicted octanol–water partition coefficient (Wildman–Crippen LogP) is 0.158. The molecule has 1 aromatic heterocycles. The van der Waals surface area contributed by atoms with Crippen molar-refractivity contribution in [2.24, 2.45) is 0 Å². The van der Waals surface area contributed by atoms with E-state index in [0.717, 1.165) is 24.7 Å². The van der Waals surface area contributed by atoms with Crippen LogP contribution < -0.4 is 9.80 Å². The molecule has 0 aromatic carbocycles. The summed E-state index contributed by atoms with van der Waals surface area (Å²) in [7, 11) is -3.09. The van der Waals surface area contributed by atoms with Crippen LogP contribution in [0.15, 0.2) is 12.4 Å². The lowest BCUT2D eigenvalue weighted by molar-refractivity contribution is 0.387. The first-order valence-electron chi connectivity index (χ1n) is 7.31. The first kappa shape index (κ1) is 14.5. The van der Waals surface area contributed by atoms with Crippen molar-refractivity contribution >= 4 is 21.7 Å². The Bertz CT molecular complexity index is 592. The summed E-state index contributed by atoms with van der Waals surface area (Å²) in [4.78, 5) is 13.1. The van der Waals surface area contributed by atoms with E-state index in [1.54, 1.807) is 6.33 Å². The molecule has 116 valence electrons. The number of hydrogen-bond donors (Lipinski definition) is 0. The average molecular weight is 311 g/mol. The van der Waals surface area contributed by atoms with E-state index in [1.807, 2.05) is 6.07 Å². The lowest BCUT2D eigenvalue weighted by Gasteiger charge is -2.34.